The number of hydrogen-bond donors (Lipinski definition) is 2. The number of sulfonamides is 1. The van der Waals surface area contributed by atoms with Gasteiger partial charge >= 0.3 is 0 Å². The number of benzene rings is 3. The second-order valence-electron chi connectivity index (χ2n) is 7.32. The van der Waals surface area contributed by atoms with Crippen molar-refractivity contribution >= 4 is 33.2 Å². The maximum atomic E-state index is 13.4. The summed E-state index contributed by atoms with van der Waals surface area (Å²) in [6.45, 7) is 1.63. The third kappa shape index (κ3) is 4.02. The second-order valence-corrected chi connectivity index (χ2v) is 9.18. The van der Waals surface area contributed by atoms with Crippen molar-refractivity contribution in [1.82, 2.24) is 0 Å². The van der Waals surface area contributed by atoms with Crippen LogP contribution in [0.3, 0.4) is 0 Å². The fourth-order valence-corrected chi connectivity index (χ4v) is 4.90. The molecule has 0 saturated heterocycles. The zero-order valence-electron chi connectivity index (χ0n) is 17.2. The van der Waals surface area contributed by atoms with E-state index in [2.05, 4.69) is 5.32 Å². The number of nitrogens with zero attached hydrogens (tertiary/aromatic N) is 1. The Kier molecular flexibility index (Phi) is 5.58. The van der Waals surface area contributed by atoms with Gasteiger partial charge in [0.2, 0.25) is 0 Å². The lowest BCUT2D eigenvalue weighted by Crippen LogP contribution is -2.49. The highest BCUT2D eigenvalue weighted by Gasteiger charge is 2.37. The van der Waals surface area contributed by atoms with Crippen LogP contribution < -0.4 is 20.1 Å². The van der Waals surface area contributed by atoms with Crippen LogP contribution in [0.15, 0.2) is 77.7 Å². The van der Waals surface area contributed by atoms with Gasteiger partial charge in [0.25, 0.3) is 21.8 Å². The number of fused-ring (bicyclic) bond motifs is 1. The van der Waals surface area contributed by atoms with Gasteiger partial charge in [-0.15, -0.1) is 0 Å². The molecule has 3 aromatic carbocycles. The molecule has 0 bridgehead atoms. The van der Waals surface area contributed by atoms with Gasteiger partial charge in [-0.05, 0) is 43.3 Å². The molecular formula is C23H21N3O5S. The number of hydrogen-bond acceptors (Lipinski definition) is 5. The summed E-state index contributed by atoms with van der Waals surface area (Å²) < 4.78 is 33.8. The Morgan fingerprint density at radius 3 is 2.38 bits per heavy atom. The lowest BCUT2D eigenvalue weighted by Gasteiger charge is -2.34. The van der Waals surface area contributed by atoms with E-state index in [9.17, 15) is 18.0 Å². The number of carbonyl (C=O) groups is 2. The van der Waals surface area contributed by atoms with Crippen LogP contribution in [-0.2, 0) is 14.8 Å². The summed E-state index contributed by atoms with van der Waals surface area (Å²) in [5.74, 6) is -1.03. The quantitative estimate of drug-likeness (QED) is 0.618. The number of para-hydroxylation sites is 3. The highest BCUT2D eigenvalue weighted by atomic mass is 32.2. The van der Waals surface area contributed by atoms with Crippen LogP contribution >= 0.6 is 0 Å². The van der Waals surface area contributed by atoms with Gasteiger partial charge in [0.05, 0.1) is 28.4 Å². The number of nitrogens with one attached hydrogen (secondary N) is 1. The predicted molar refractivity (Wildman–Crippen MR) is 120 cm³/mol. The maximum Gasteiger partial charge on any atom is 0.267 e. The zero-order valence-corrected chi connectivity index (χ0v) is 18.0. The van der Waals surface area contributed by atoms with Gasteiger partial charge in [0.15, 0.2) is 6.10 Å². The van der Waals surface area contributed by atoms with E-state index < -0.39 is 27.9 Å². The first-order chi connectivity index (χ1) is 15.3. The van der Waals surface area contributed by atoms with E-state index in [1.165, 1.54) is 28.6 Å². The normalized spacial score (nSPS) is 15.4. The van der Waals surface area contributed by atoms with Crippen molar-refractivity contribution in [3.05, 3.63) is 83.9 Å². The van der Waals surface area contributed by atoms with Crippen LogP contribution in [0.25, 0.3) is 0 Å². The molecule has 4 rings (SSSR count). The van der Waals surface area contributed by atoms with E-state index in [1.807, 2.05) is 6.92 Å². The molecule has 2 amide bonds. The van der Waals surface area contributed by atoms with Crippen molar-refractivity contribution in [2.75, 3.05) is 16.2 Å². The van der Waals surface area contributed by atoms with Crippen molar-refractivity contribution < 1.29 is 22.7 Å². The first-order valence-electron chi connectivity index (χ1n) is 9.82. The number of rotatable bonds is 5. The number of amides is 2. The summed E-state index contributed by atoms with van der Waals surface area (Å²) in [7, 11) is -3.95. The minimum Gasteiger partial charge on any atom is -0.476 e. The molecule has 3 N–H and O–H groups in total. The van der Waals surface area contributed by atoms with Crippen LogP contribution in [0.2, 0.25) is 0 Å². The minimum atomic E-state index is -3.95. The molecule has 8 nitrogen and oxygen atoms in total. The minimum absolute atomic E-state index is 0.109. The molecular weight excluding hydrogens is 430 g/mol. The Balaban J connectivity index is 1.68. The van der Waals surface area contributed by atoms with Crippen molar-refractivity contribution in [2.24, 2.45) is 5.73 Å². The lowest BCUT2D eigenvalue weighted by atomic mass is 10.1. The lowest BCUT2D eigenvalue weighted by molar-refractivity contribution is -0.122. The van der Waals surface area contributed by atoms with Crippen LogP contribution in [0, 0.1) is 6.92 Å². The smallest absolute Gasteiger partial charge is 0.267 e. The van der Waals surface area contributed by atoms with Gasteiger partial charge in [0, 0.05) is 0 Å². The molecule has 32 heavy (non-hydrogen) atoms. The summed E-state index contributed by atoms with van der Waals surface area (Å²) in [4.78, 5) is 24.8. The number of carbonyl (C=O) groups excluding carboxylic acids is 2. The molecule has 0 radical (unpaired) electrons. The zero-order chi connectivity index (χ0) is 22.9. The van der Waals surface area contributed by atoms with E-state index in [0.29, 0.717) is 5.69 Å². The first kappa shape index (κ1) is 21.4. The molecule has 1 atom stereocenters. The average Bonchev–Trinajstić information content (AvgIpc) is 2.78. The predicted octanol–water partition coefficient (Wildman–Crippen LogP) is 2.69. The largest absolute Gasteiger partial charge is 0.476 e. The fraction of sp³-hybridized carbons (Fsp3) is 0.130. The van der Waals surface area contributed by atoms with Crippen LogP contribution in [0.1, 0.15) is 15.9 Å². The monoisotopic (exact) mass is 451 g/mol. The number of nitrogens with two attached hydrogens (primary N) is 1. The van der Waals surface area contributed by atoms with E-state index in [4.69, 9.17) is 10.5 Å². The van der Waals surface area contributed by atoms with Crippen molar-refractivity contribution in [1.29, 1.82) is 0 Å². The summed E-state index contributed by atoms with van der Waals surface area (Å²) >= 11 is 0. The Morgan fingerprint density at radius 1 is 1.00 bits per heavy atom. The highest BCUT2D eigenvalue weighted by Crippen LogP contribution is 2.37. The maximum absolute atomic E-state index is 13.4. The Bertz CT molecular complexity index is 1290. The third-order valence-corrected chi connectivity index (χ3v) is 6.88. The highest BCUT2D eigenvalue weighted by molar-refractivity contribution is 7.92. The molecule has 0 saturated carbocycles. The molecule has 0 aromatic heterocycles. The summed E-state index contributed by atoms with van der Waals surface area (Å²) in [6.07, 6.45) is -1.15. The number of anilines is 2. The van der Waals surface area contributed by atoms with Crippen LogP contribution in [-0.4, -0.2) is 32.9 Å². The van der Waals surface area contributed by atoms with E-state index >= 15 is 0 Å². The van der Waals surface area contributed by atoms with E-state index in [-0.39, 0.29) is 28.4 Å². The number of aryl methyl sites for hydroxylation is 1. The molecule has 164 valence electrons. The van der Waals surface area contributed by atoms with Crippen LogP contribution in [0.5, 0.6) is 5.75 Å². The number of primary amides is 1. The van der Waals surface area contributed by atoms with Gasteiger partial charge in [-0.3, -0.25) is 13.9 Å². The molecule has 0 fully saturated rings. The summed E-state index contributed by atoms with van der Waals surface area (Å²) in [5.41, 5.74) is 7.01. The van der Waals surface area contributed by atoms with Gasteiger partial charge < -0.3 is 15.8 Å². The van der Waals surface area contributed by atoms with Crippen LogP contribution in [0.4, 0.5) is 11.4 Å². The fourth-order valence-electron chi connectivity index (χ4n) is 3.42. The van der Waals surface area contributed by atoms with Gasteiger partial charge in [0.1, 0.15) is 5.75 Å². The molecule has 3 aromatic rings. The third-order valence-electron chi connectivity index (χ3n) is 5.09. The van der Waals surface area contributed by atoms with Crippen molar-refractivity contribution in [2.45, 2.75) is 17.9 Å². The standard InChI is InChI=1S/C23H21N3O5S/c1-15-10-12-16(13-11-15)32(29,30)26-14-21(31-20-9-5-4-8-19(20)26)23(28)25-18-7-3-2-6-17(18)22(24)27/h2-13,21H,14H2,1H3,(H2,24,27)(H,25,28). The second kappa shape index (κ2) is 8.35. The van der Waals surface area contributed by atoms with Gasteiger partial charge in [-0.2, -0.15) is 0 Å². The average molecular weight is 452 g/mol. The molecule has 1 unspecified atom stereocenters. The molecule has 1 aliphatic heterocycles. The Labute approximate surface area is 185 Å². The number of ether oxygens (including phenoxy) is 1. The molecule has 1 heterocycles. The Morgan fingerprint density at radius 2 is 1.66 bits per heavy atom. The first-order valence-corrected chi connectivity index (χ1v) is 11.3. The van der Waals surface area contributed by atoms with E-state index in [1.54, 1.807) is 48.5 Å². The molecule has 0 spiro atoms. The van der Waals surface area contributed by atoms with Crippen molar-refractivity contribution in [3.8, 4) is 5.75 Å². The molecule has 9 heteroatoms. The van der Waals surface area contributed by atoms with Gasteiger partial charge in [-0.25, -0.2) is 8.42 Å². The van der Waals surface area contributed by atoms with E-state index in [0.717, 1.165) is 5.56 Å². The van der Waals surface area contributed by atoms with Crippen molar-refractivity contribution in [3.63, 3.8) is 0 Å². The topological polar surface area (TPSA) is 119 Å². The van der Waals surface area contributed by atoms with Gasteiger partial charge in [-0.1, -0.05) is 42.0 Å². The Hall–Kier alpha value is -3.85. The summed E-state index contributed by atoms with van der Waals surface area (Å²) in [6, 6.07) is 19.4. The summed E-state index contributed by atoms with van der Waals surface area (Å²) in [5, 5.41) is 2.63. The molecule has 1 aliphatic rings. The molecule has 0 aliphatic carbocycles. The SMILES string of the molecule is Cc1ccc(S(=O)(=O)N2CC(C(=O)Nc3ccccc3C(N)=O)Oc3ccccc32)cc1.